The Labute approximate surface area is 835 Å². The minimum Gasteiger partial charge on any atom is -0.507 e. The van der Waals surface area contributed by atoms with Crippen LogP contribution in [-0.2, 0) is 48.3 Å². The van der Waals surface area contributed by atoms with E-state index in [4.69, 9.17) is 36.4 Å². The van der Waals surface area contributed by atoms with Crippen molar-refractivity contribution in [3.05, 3.63) is 179 Å². The number of hydrogen-bond acceptors (Lipinski definition) is 30. The summed E-state index contributed by atoms with van der Waals surface area (Å²) >= 11 is 3.05. The number of aliphatic hydroxyl groups excluding tert-OH is 2. The van der Waals surface area contributed by atoms with E-state index in [9.17, 15) is 44.4 Å². The van der Waals surface area contributed by atoms with Gasteiger partial charge in [-0.3, -0.25) is 28.8 Å². The number of nitrogen functional groups attached to an aromatic ring is 2. The van der Waals surface area contributed by atoms with Gasteiger partial charge < -0.3 is 92.4 Å². The van der Waals surface area contributed by atoms with Crippen LogP contribution in [0.15, 0.2) is 145 Å². The summed E-state index contributed by atoms with van der Waals surface area (Å²) in [5.41, 5.74) is 26.4. The molecule has 20 rings (SSSR count). The number of amides is 6. The van der Waals surface area contributed by atoms with Crippen LogP contribution < -0.4 is 52.3 Å². The molecule has 746 valence electrons. The van der Waals surface area contributed by atoms with Crippen LogP contribution in [0.5, 0.6) is 11.5 Å². The largest absolute Gasteiger partial charge is 0.507 e. The van der Waals surface area contributed by atoms with Crippen LogP contribution >= 0.6 is 22.7 Å². The first-order valence-corrected chi connectivity index (χ1v) is 52.5. The Morgan fingerprint density at radius 2 is 0.873 bits per heavy atom. The Kier molecular flexibility index (Phi) is 28.1. The molecule has 2 aliphatic carbocycles. The predicted octanol–water partition coefficient (Wildman–Crippen LogP) is 11.0. The van der Waals surface area contributed by atoms with E-state index in [1.807, 2.05) is 157 Å². The zero-order valence-corrected chi connectivity index (χ0v) is 83.2. The topological polar surface area (TPSA) is 438 Å². The molecule has 142 heavy (non-hydrogen) atoms. The van der Waals surface area contributed by atoms with Gasteiger partial charge in [-0.05, 0) is 228 Å². The van der Waals surface area contributed by atoms with Gasteiger partial charge in [0.05, 0.1) is 67.1 Å². The van der Waals surface area contributed by atoms with E-state index in [1.54, 1.807) is 41.1 Å². The lowest BCUT2D eigenvalue weighted by molar-refractivity contribution is -0.146. The molecule has 12 N–H and O–H groups in total. The van der Waals surface area contributed by atoms with Crippen molar-refractivity contribution >= 4 is 93.0 Å². The number of phenols is 2. The number of likely N-dealkylation sites (tertiary alicyclic amines) is 4. The number of nitrogens with two attached hydrogens (primary N) is 2. The van der Waals surface area contributed by atoms with Gasteiger partial charge in [0, 0.05) is 149 Å². The molecule has 10 fully saturated rings. The second kappa shape index (κ2) is 41.1. The Bertz CT molecular complexity index is 6190. The molecule has 10 atom stereocenters. The fraction of sp³-hybridized carbons (Fsp3) is 0.509. The van der Waals surface area contributed by atoms with Gasteiger partial charge in [0.25, 0.3) is 0 Å². The molecule has 34 nitrogen and oxygen atoms in total. The van der Waals surface area contributed by atoms with Gasteiger partial charge in [0.2, 0.25) is 47.3 Å². The standard InChI is InChI=1S/C106H130N24O10S2/c1-61-91(141-59-115-61)66-19-15-62(16-20-66)47-110-100(138)88-44-79(132)58-128(88)102(140)94(118-98(136)69-41-77(42-69)124-39-34-65(35-40-124)71-51-113-104(114-52-71)130-75-29-30-76(130)56-126(55-75)86-46-84(120-122-96(86)108)81-12-8-10-14-90(81)134)106(5,6)36-31-82-92(142-60-116-82)67-21-17-63(18-22-67)48-109-99(137)87-43-78(131)57-127(87)101(139)93(105(2,3)4)117-97(135)68-23-25-72(26-24-68)123-37-32-64(33-38-123)70-49-111-103(112-50-70)129-73-27-28-74(129)54-125(53-73)85-45-83(119-121-95(85)107)80-11-7-9-13-89(80)133/h7-22,45-46,49-52,59-60,64-65,68-69,72-79,87-88,93-94,131-134H,23-44,47-48,53-58H2,1-6H3,(H2,107,121)(H2,108,122)(H,109,137)(H,110,138)(H,117,135)(H,118,136)/t68-,69-,72-,73?,74?,75?,76?,77-,78-,79-,87+,88+,93-,94-/m1/s1. The number of aromatic hydroxyl groups is 2. The minimum absolute atomic E-state index is 0.0367. The van der Waals surface area contributed by atoms with Gasteiger partial charge in [-0.15, -0.1) is 43.1 Å². The zero-order valence-electron chi connectivity index (χ0n) is 81.6. The number of hydrogen-bond donors (Lipinski definition) is 10. The molecule has 0 radical (unpaired) electrons. The van der Waals surface area contributed by atoms with Crippen molar-refractivity contribution in [1.82, 2.24) is 91.2 Å². The van der Waals surface area contributed by atoms with Gasteiger partial charge in [-0.25, -0.2) is 29.9 Å². The number of thiazole rings is 2. The normalized spacial score (nSPS) is 24.5. The average molecular weight is 1960 g/mol. The predicted molar refractivity (Wildman–Crippen MR) is 545 cm³/mol. The Hall–Kier alpha value is -12.5. The van der Waals surface area contributed by atoms with Gasteiger partial charge in [-0.1, -0.05) is 107 Å². The van der Waals surface area contributed by atoms with Crippen LogP contribution in [0.1, 0.15) is 189 Å². The zero-order chi connectivity index (χ0) is 98.5. The summed E-state index contributed by atoms with van der Waals surface area (Å²) in [7, 11) is 0. The molecule has 4 unspecified atom stereocenters. The first-order chi connectivity index (χ1) is 68.5. The summed E-state index contributed by atoms with van der Waals surface area (Å²) in [5, 5.41) is 73.4. The number of β-amino-alcohol motifs (C(OH)–C–C–N with tert-alkyl or cyclic N) is 2. The van der Waals surface area contributed by atoms with Crippen LogP contribution in [0.2, 0.25) is 0 Å². The van der Waals surface area contributed by atoms with Crippen LogP contribution in [0.3, 0.4) is 0 Å². The van der Waals surface area contributed by atoms with Crippen molar-refractivity contribution in [3.63, 3.8) is 0 Å². The van der Waals surface area contributed by atoms with Gasteiger partial charge in [-0.2, -0.15) is 0 Å². The number of carbonyl (C=O) groups is 6. The summed E-state index contributed by atoms with van der Waals surface area (Å²) in [6.07, 6.45) is 19.3. The highest BCUT2D eigenvalue weighted by Crippen LogP contribution is 2.46. The first-order valence-electron chi connectivity index (χ1n) is 50.7. The van der Waals surface area contributed by atoms with Crippen LogP contribution in [-0.4, -0.2) is 264 Å². The number of nitrogens with zero attached hydrogens (tertiary/aromatic N) is 18. The van der Waals surface area contributed by atoms with Crippen LogP contribution in [0, 0.1) is 29.6 Å². The number of carbonyl (C=O) groups excluding carboxylic acids is 6. The Morgan fingerprint density at radius 3 is 1.32 bits per heavy atom. The molecule has 2 saturated carbocycles. The number of nitrogens with one attached hydrogen (secondary N) is 4. The van der Waals surface area contributed by atoms with Gasteiger partial charge in [0.1, 0.15) is 35.7 Å². The lowest BCUT2D eigenvalue weighted by Gasteiger charge is -2.46. The van der Waals surface area contributed by atoms with Crippen molar-refractivity contribution in [2.45, 2.75) is 255 Å². The van der Waals surface area contributed by atoms with E-state index in [1.165, 1.54) is 21.1 Å². The molecule has 8 saturated heterocycles. The number of rotatable bonds is 28. The minimum atomic E-state index is -1.08. The van der Waals surface area contributed by atoms with Crippen LogP contribution in [0.25, 0.3) is 43.4 Å². The average Bonchev–Trinajstić information content (AvgIpc) is 1.58. The monoisotopic (exact) mass is 1960 g/mol. The highest BCUT2D eigenvalue weighted by atomic mass is 32.1. The van der Waals surface area contributed by atoms with Gasteiger partial charge >= 0.3 is 0 Å². The number of fused-ring (bicyclic) bond motifs is 4. The van der Waals surface area contributed by atoms with E-state index < -0.39 is 70.8 Å². The fourth-order valence-corrected chi connectivity index (χ4v) is 25.5. The molecule has 4 aromatic carbocycles. The number of piperazine rings is 2. The molecule has 8 aliphatic heterocycles. The highest BCUT2D eigenvalue weighted by molar-refractivity contribution is 7.13. The van der Waals surface area contributed by atoms with Crippen molar-refractivity contribution < 1.29 is 49.2 Å². The van der Waals surface area contributed by atoms with Crippen LogP contribution in [0.4, 0.5) is 34.9 Å². The van der Waals surface area contributed by atoms with E-state index in [2.05, 4.69) is 76.0 Å². The number of phenolic OH excluding ortho intramolecular Hbond substituents is 2. The Morgan fingerprint density at radius 1 is 0.458 bits per heavy atom. The molecule has 10 aromatic rings. The maximum Gasteiger partial charge on any atom is 0.246 e. The van der Waals surface area contributed by atoms with Crippen molar-refractivity contribution in [2.24, 2.45) is 22.7 Å². The number of aliphatic hydroxyl groups is 2. The summed E-state index contributed by atoms with van der Waals surface area (Å²) in [5.74, 6) is 0.410. The van der Waals surface area contributed by atoms with Gasteiger partial charge in [0.15, 0.2) is 11.6 Å². The smallest absolute Gasteiger partial charge is 0.246 e. The number of anilines is 6. The number of para-hydroxylation sites is 2. The molecular formula is C106H130N24O10S2. The molecule has 10 aliphatic rings. The maximum absolute atomic E-state index is 15.6. The van der Waals surface area contributed by atoms with E-state index in [0.717, 1.165) is 194 Å². The second-order valence-electron chi connectivity index (χ2n) is 42.8. The number of benzene rings is 4. The second-order valence-corrected chi connectivity index (χ2v) is 44.5. The molecule has 6 amide bonds. The van der Waals surface area contributed by atoms with Crippen molar-refractivity contribution in [2.75, 3.05) is 96.5 Å². The quantitative estimate of drug-likeness (QED) is 0.0218. The van der Waals surface area contributed by atoms with Crippen molar-refractivity contribution in [3.8, 4) is 54.9 Å². The third-order valence-corrected chi connectivity index (χ3v) is 34.1. The van der Waals surface area contributed by atoms with Crippen molar-refractivity contribution in [1.29, 1.82) is 0 Å². The van der Waals surface area contributed by atoms with E-state index in [0.29, 0.717) is 84.6 Å². The highest BCUT2D eigenvalue weighted by Gasteiger charge is 2.51. The summed E-state index contributed by atoms with van der Waals surface area (Å²) in [4.78, 5) is 137. The van der Waals surface area contributed by atoms with E-state index >= 15 is 4.79 Å². The molecular weight excluding hydrogens is 1830 g/mol. The summed E-state index contributed by atoms with van der Waals surface area (Å²) < 4.78 is 0. The molecule has 0 spiro atoms. The molecule has 36 heteroatoms. The fourth-order valence-electron chi connectivity index (χ4n) is 23.8. The number of aryl methyl sites for hydroxylation is 2. The lowest BCUT2D eigenvalue weighted by atomic mass is 9.75. The van der Waals surface area contributed by atoms with E-state index in [-0.39, 0.29) is 110 Å². The maximum atomic E-state index is 15.6. The number of aromatic nitrogens is 10. The molecule has 4 bridgehead atoms. The third-order valence-electron chi connectivity index (χ3n) is 32.2. The SMILES string of the molecule is Cc1ncsc1-c1ccc(CNC(=O)[C@@H]2C[C@@H](O)CN2C(=O)[C@@H](NC(=O)[C@H]2C[C@H](N3CCC(c4cnc(N5C6CCC5CN(c5cc(-c7ccccc7O)nnc5N)C6)nc4)CC3)C2)C(C)(C)CCc2ncsc2-c2ccc(CNC(=O)[C@@H]3C[C@@H](O)CN3C(=O)[C@@H](NC(=O)[C@H]3CC[C@H](N4CCC(c5cnc(N6C7CCC6CN(c6cc(-c8ccccc8O)nnc6N)C7)nc5)CC4)CC3)C(C)(C)C)cc2)cc1. The molecule has 6 aromatic heterocycles. The lowest BCUT2D eigenvalue weighted by Crippen LogP contribution is -2.60. The third kappa shape index (κ3) is 20.5. The first kappa shape index (κ1) is 97.0. The number of piperidine rings is 2. The summed E-state index contributed by atoms with van der Waals surface area (Å²) in [6, 6.07) is 31.1. The Balaban J connectivity index is 0.427. The molecule has 14 heterocycles. The summed E-state index contributed by atoms with van der Waals surface area (Å²) in [6.45, 7) is 18.4.